The average Bonchev–Trinajstić information content (AvgIpc) is 3.00. The summed E-state index contributed by atoms with van der Waals surface area (Å²) in [6.45, 7) is 0.765. The first-order chi connectivity index (χ1) is 10.6. The lowest BCUT2D eigenvalue weighted by Gasteiger charge is -2.25. The molecule has 1 aliphatic heterocycles. The molecule has 5 heteroatoms. The van der Waals surface area contributed by atoms with E-state index in [1.54, 1.807) is 24.5 Å². The minimum atomic E-state index is 0.0619. The van der Waals surface area contributed by atoms with E-state index in [2.05, 4.69) is 4.98 Å². The molecule has 0 radical (unpaired) electrons. The Labute approximate surface area is 134 Å². The van der Waals surface area contributed by atoms with E-state index < -0.39 is 0 Å². The summed E-state index contributed by atoms with van der Waals surface area (Å²) in [6.07, 6.45) is 5.74. The van der Waals surface area contributed by atoms with Crippen molar-refractivity contribution in [3.63, 3.8) is 0 Å². The van der Waals surface area contributed by atoms with Crippen LogP contribution in [0.15, 0.2) is 42.7 Å². The number of carbonyl (C=O) groups excluding carboxylic acids is 1. The number of aromatic hydroxyl groups is 1. The maximum atomic E-state index is 12.6. The Morgan fingerprint density at radius 2 is 2.09 bits per heavy atom. The summed E-state index contributed by atoms with van der Waals surface area (Å²) in [5.41, 5.74) is 1.86. The number of hydrogen-bond donors (Lipinski definition) is 1. The standard InChI is InChI=1S/C17H17ClN2O2/c18-15-11-14(21)4-3-13(15)10-17(22)20-9-1-2-16(20)12-5-7-19-8-6-12/h3-8,11,16,21H,1-2,9-10H2/t16-/m0/s1. The summed E-state index contributed by atoms with van der Waals surface area (Å²) >= 11 is 6.09. The van der Waals surface area contributed by atoms with Crippen LogP contribution in [0, 0.1) is 0 Å². The minimum Gasteiger partial charge on any atom is -0.508 e. The summed E-state index contributed by atoms with van der Waals surface area (Å²) in [4.78, 5) is 18.6. The molecule has 1 saturated heterocycles. The number of phenols is 1. The molecule has 114 valence electrons. The van der Waals surface area contributed by atoms with Gasteiger partial charge in [0.15, 0.2) is 0 Å². The van der Waals surface area contributed by atoms with Gasteiger partial charge in [0.1, 0.15) is 5.75 Å². The SMILES string of the molecule is O=C(Cc1ccc(O)cc1Cl)N1CCC[C@H]1c1ccncc1. The molecule has 22 heavy (non-hydrogen) atoms. The highest BCUT2D eigenvalue weighted by molar-refractivity contribution is 6.31. The van der Waals surface area contributed by atoms with Crippen molar-refractivity contribution in [1.82, 2.24) is 9.88 Å². The molecule has 2 aromatic rings. The molecule has 1 amide bonds. The number of rotatable bonds is 3. The molecule has 2 heterocycles. The maximum Gasteiger partial charge on any atom is 0.227 e. The van der Waals surface area contributed by atoms with Gasteiger partial charge in [0.2, 0.25) is 5.91 Å². The largest absolute Gasteiger partial charge is 0.508 e. The van der Waals surface area contributed by atoms with E-state index in [1.807, 2.05) is 17.0 Å². The molecule has 0 spiro atoms. The van der Waals surface area contributed by atoms with E-state index in [-0.39, 0.29) is 24.1 Å². The molecule has 1 aromatic carbocycles. The van der Waals surface area contributed by atoms with Crippen LogP contribution < -0.4 is 0 Å². The van der Waals surface area contributed by atoms with Crippen LogP contribution in [0.1, 0.15) is 30.0 Å². The van der Waals surface area contributed by atoms with Crippen molar-refractivity contribution in [2.45, 2.75) is 25.3 Å². The molecule has 1 aromatic heterocycles. The quantitative estimate of drug-likeness (QED) is 0.944. The second-order valence-corrected chi connectivity index (χ2v) is 5.89. The number of benzene rings is 1. The molecule has 0 aliphatic carbocycles. The number of aromatic nitrogens is 1. The first-order valence-corrected chi connectivity index (χ1v) is 7.70. The van der Waals surface area contributed by atoms with Gasteiger partial charge in [-0.15, -0.1) is 0 Å². The molecule has 0 bridgehead atoms. The lowest BCUT2D eigenvalue weighted by Crippen LogP contribution is -2.31. The van der Waals surface area contributed by atoms with Crippen molar-refractivity contribution in [2.75, 3.05) is 6.54 Å². The zero-order chi connectivity index (χ0) is 15.5. The van der Waals surface area contributed by atoms with Gasteiger partial charge in [0, 0.05) is 24.0 Å². The zero-order valence-electron chi connectivity index (χ0n) is 12.1. The number of amides is 1. The Morgan fingerprint density at radius 3 is 2.82 bits per heavy atom. The monoisotopic (exact) mass is 316 g/mol. The number of nitrogens with zero attached hydrogens (tertiary/aromatic N) is 2. The van der Waals surface area contributed by atoms with Crippen molar-refractivity contribution in [1.29, 1.82) is 0 Å². The highest BCUT2D eigenvalue weighted by Gasteiger charge is 2.29. The van der Waals surface area contributed by atoms with Crippen LogP contribution in [-0.2, 0) is 11.2 Å². The Kier molecular flexibility index (Phi) is 4.29. The van der Waals surface area contributed by atoms with Crippen molar-refractivity contribution < 1.29 is 9.90 Å². The van der Waals surface area contributed by atoms with Crippen LogP contribution in [0.2, 0.25) is 5.02 Å². The lowest BCUT2D eigenvalue weighted by molar-refractivity contribution is -0.131. The minimum absolute atomic E-state index is 0.0619. The molecule has 0 saturated carbocycles. The Bertz CT molecular complexity index is 676. The third kappa shape index (κ3) is 3.07. The molecule has 1 fully saturated rings. The van der Waals surface area contributed by atoms with Crippen molar-refractivity contribution in [2.24, 2.45) is 0 Å². The number of halogens is 1. The Balaban J connectivity index is 1.76. The van der Waals surface area contributed by atoms with Gasteiger partial charge in [0.05, 0.1) is 12.5 Å². The normalized spacial score (nSPS) is 17.7. The molecular weight excluding hydrogens is 300 g/mol. The lowest BCUT2D eigenvalue weighted by atomic mass is 10.1. The van der Waals surface area contributed by atoms with Gasteiger partial charge in [0.25, 0.3) is 0 Å². The average molecular weight is 317 g/mol. The van der Waals surface area contributed by atoms with E-state index in [0.717, 1.165) is 30.5 Å². The van der Waals surface area contributed by atoms with Crippen LogP contribution in [0.5, 0.6) is 5.75 Å². The van der Waals surface area contributed by atoms with E-state index in [9.17, 15) is 9.90 Å². The van der Waals surface area contributed by atoms with E-state index in [4.69, 9.17) is 11.6 Å². The molecule has 0 unspecified atom stereocenters. The number of pyridine rings is 1. The summed E-state index contributed by atoms with van der Waals surface area (Å²) in [5, 5.41) is 9.81. The fourth-order valence-electron chi connectivity index (χ4n) is 2.94. The second-order valence-electron chi connectivity index (χ2n) is 5.48. The van der Waals surface area contributed by atoms with Gasteiger partial charge < -0.3 is 10.0 Å². The third-order valence-corrected chi connectivity index (χ3v) is 4.39. The summed E-state index contributed by atoms with van der Waals surface area (Å²) in [6, 6.07) is 8.76. The van der Waals surface area contributed by atoms with Crippen molar-refractivity contribution in [3.8, 4) is 5.75 Å². The van der Waals surface area contributed by atoms with Crippen LogP contribution in [0.3, 0.4) is 0 Å². The number of phenolic OH excluding ortho intramolecular Hbond substituents is 1. The third-order valence-electron chi connectivity index (χ3n) is 4.04. The number of likely N-dealkylation sites (tertiary alicyclic amines) is 1. The summed E-state index contributed by atoms with van der Waals surface area (Å²) in [5.74, 6) is 0.170. The highest BCUT2D eigenvalue weighted by atomic mass is 35.5. The smallest absolute Gasteiger partial charge is 0.227 e. The summed E-state index contributed by atoms with van der Waals surface area (Å²) in [7, 11) is 0. The number of carbonyl (C=O) groups is 1. The first-order valence-electron chi connectivity index (χ1n) is 7.32. The predicted octanol–water partition coefficient (Wildman–Crippen LogP) is 3.35. The fourth-order valence-corrected chi connectivity index (χ4v) is 3.18. The highest BCUT2D eigenvalue weighted by Crippen LogP contribution is 2.32. The predicted molar refractivity (Wildman–Crippen MR) is 84.7 cm³/mol. The van der Waals surface area contributed by atoms with Crippen molar-refractivity contribution >= 4 is 17.5 Å². The van der Waals surface area contributed by atoms with Crippen LogP contribution in [0.25, 0.3) is 0 Å². The number of hydrogen-bond acceptors (Lipinski definition) is 3. The molecule has 1 aliphatic rings. The second kappa shape index (κ2) is 6.36. The van der Waals surface area contributed by atoms with E-state index in [0.29, 0.717) is 5.02 Å². The summed E-state index contributed by atoms with van der Waals surface area (Å²) < 4.78 is 0. The molecular formula is C17H17ClN2O2. The molecule has 1 atom stereocenters. The Hall–Kier alpha value is -2.07. The first kappa shape index (κ1) is 14.9. The molecule has 3 rings (SSSR count). The van der Waals surface area contributed by atoms with Gasteiger partial charge >= 0.3 is 0 Å². The zero-order valence-corrected chi connectivity index (χ0v) is 12.8. The van der Waals surface area contributed by atoms with Gasteiger partial charge in [-0.3, -0.25) is 9.78 Å². The van der Waals surface area contributed by atoms with E-state index in [1.165, 1.54) is 6.07 Å². The molecule has 4 nitrogen and oxygen atoms in total. The van der Waals surface area contributed by atoms with Crippen LogP contribution >= 0.6 is 11.6 Å². The van der Waals surface area contributed by atoms with Gasteiger partial charge in [-0.05, 0) is 48.2 Å². The fraction of sp³-hybridized carbons (Fsp3) is 0.294. The van der Waals surface area contributed by atoms with Gasteiger partial charge in [-0.2, -0.15) is 0 Å². The van der Waals surface area contributed by atoms with Crippen LogP contribution in [-0.4, -0.2) is 27.4 Å². The van der Waals surface area contributed by atoms with Gasteiger partial charge in [-0.25, -0.2) is 0 Å². The van der Waals surface area contributed by atoms with Crippen molar-refractivity contribution in [3.05, 3.63) is 58.9 Å². The Morgan fingerprint density at radius 1 is 1.32 bits per heavy atom. The topological polar surface area (TPSA) is 53.4 Å². The van der Waals surface area contributed by atoms with E-state index >= 15 is 0 Å². The van der Waals surface area contributed by atoms with Gasteiger partial charge in [-0.1, -0.05) is 17.7 Å². The maximum absolute atomic E-state index is 12.6. The molecule has 1 N–H and O–H groups in total. The van der Waals surface area contributed by atoms with Crippen LogP contribution in [0.4, 0.5) is 0 Å².